The molecule has 42 heavy (non-hydrogen) atoms. The fraction of sp³-hybridized carbons (Fsp3) is 0.370. The van der Waals surface area contributed by atoms with Crippen molar-refractivity contribution in [2.24, 2.45) is 0 Å². The van der Waals surface area contributed by atoms with Crippen molar-refractivity contribution in [2.45, 2.75) is 58.2 Å². The number of amides is 1. The van der Waals surface area contributed by atoms with Crippen molar-refractivity contribution < 1.29 is 31.9 Å². The van der Waals surface area contributed by atoms with Gasteiger partial charge in [0.25, 0.3) is 0 Å². The van der Waals surface area contributed by atoms with Gasteiger partial charge in [0.2, 0.25) is 5.91 Å². The quantitative estimate of drug-likeness (QED) is 0.219. The third-order valence-corrected chi connectivity index (χ3v) is 7.21. The van der Waals surface area contributed by atoms with Crippen molar-refractivity contribution in [3.8, 4) is 11.1 Å². The first-order valence-electron chi connectivity index (χ1n) is 12.8. The van der Waals surface area contributed by atoms with Crippen molar-refractivity contribution in [2.75, 3.05) is 6.54 Å². The average molecular weight is 606 g/mol. The molecule has 0 N–H and O–H groups in total. The summed E-state index contributed by atoms with van der Waals surface area (Å²) in [5, 5.41) is 8.43. The normalized spacial score (nSPS) is 17.3. The number of hydrogen-bond donors (Lipinski definition) is 0. The molecule has 220 valence electrons. The third kappa shape index (κ3) is 6.17. The molecule has 5 rings (SSSR count). The van der Waals surface area contributed by atoms with Crippen molar-refractivity contribution in [3.05, 3.63) is 59.0 Å². The van der Waals surface area contributed by atoms with E-state index in [9.17, 15) is 31.9 Å². The highest BCUT2D eigenvalue weighted by Gasteiger charge is 2.40. The van der Waals surface area contributed by atoms with Crippen LogP contribution in [0.2, 0.25) is 5.02 Å². The Morgan fingerprint density at radius 3 is 2.48 bits per heavy atom. The van der Waals surface area contributed by atoms with Crippen LogP contribution in [0.3, 0.4) is 0 Å². The van der Waals surface area contributed by atoms with E-state index in [1.165, 1.54) is 11.6 Å². The van der Waals surface area contributed by atoms with E-state index in [0.717, 1.165) is 22.2 Å². The number of aromatic nitrogens is 6. The van der Waals surface area contributed by atoms with Gasteiger partial charge in [-0.25, -0.2) is 14.4 Å². The van der Waals surface area contributed by atoms with Crippen LogP contribution in [0.5, 0.6) is 0 Å². The van der Waals surface area contributed by atoms with Crippen LogP contribution in [0.25, 0.3) is 22.0 Å². The summed E-state index contributed by atoms with van der Waals surface area (Å²) in [6.07, 6.45) is -2.51. The van der Waals surface area contributed by atoms with Crippen LogP contribution < -0.4 is 0 Å². The Kier molecular flexibility index (Phi) is 7.84. The molecule has 2 atom stereocenters. The molecule has 0 radical (unpaired) electrons. The number of nitrogens with zero attached hydrogens (tertiary/aromatic N) is 7. The number of halogens is 5. The summed E-state index contributed by atoms with van der Waals surface area (Å²) in [7, 11) is 0. The number of benzene rings is 1. The molecule has 0 spiro atoms. The van der Waals surface area contributed by atoms with Gasteiger partial charge in [-0.05, 0) is 24.6 Å². The van der Waals surface area contributed by atoms with E-state index in [2.05, 4.69) is 20.2 Å². The van der Waals surface area contributed by atoms with Gasteiger partial charge in [0.15, 0.2) is 11.6 Å². The number of alkyl halides is 4. The topological polar surface area (TPSA) is 116 Å². The molecule has 4 heterocycles. The van der Waals surface area contributed by atoms with Gasteiger partial charge < -0.3 is 4.90 Å². The molecule has 0 bridgehead atoms. The minimum Gasteiger partial charge on any atom is -0.328 e. The van der Waals surface area contributed by atoms with Crippen LogP contribution in [0, 0.1) is 6.92 Å². The highest BCUT2D eigenvalue weighted by Crippen LogP contribution is 2.29. The second-order valence-corrected chi connectivity index (χ2v) is 10.5. The highest BCUT2D eigenvalue weighted by atomic mass is 35.5. The van der Waals surface area contributed by atoms with Gasteiger partial charge in [-0.15, -0.1) is 0 Å². The van der Waals surface area contributed by atoms with E-state index >= 15 is 0 Å². The van der Waals surface area contributed by atoms with E-state index in [1.807, 2.05) is 0 Å². The molecule has 0 unspecified atom stereocenters. The molecule has 3 aromatic heterocycles. The van der Waals surface area contributed by atoms with E-state index in [4.69, 9.17) is 11.6 Å². The zero-order valence-corrected chi connectivity index (χ0v) is 23.2. The zero-order chi connectivity index (χ0) is 30.3. The molecule has 15 heteroatoms. The molecular formula is C27H24ClF4N7O3. The Balaban J connectivity index is 1.37. The second-order valence-electron chi connectivity index (χ2n) is 10.1. The van der Waals surface area contributed by atoms with Gasteiger partial charge in [-0.2, -0.15) is 23.4 Å². The standard InChI is InChI=1S/C27H24ClF4N7O3/c1-14(40)26-19-5-16(17-8-33-15(2)34-9-17)3-4-22(19)39(36-26)12-25(42)38-10-18(29)6-23(38)24(41)7-21-20(28)11-37(35-21)13-27(30,31)32/h3-5,8-9,11,18,23H,6-7,10,12-13H2,1-2H3/t18-,23+/m1/s1. The SMILES string of the molecule is CC(=O)c1nn(CC(=O)N2C[C@H](F)C[C@H]2C(=O)Cc2nn(CC(F)(F)F)cc2Cl)c2ccc(-c3cnc(C)nc3)cc12. The van der Waals surface area contributed by atoms with Gasteiger partial charge in [-0.3, -0.25) is 23.7 Å². The zero-order valence-electron chi connectivity index (χ0n) is 22.4. The molecule has 1 saturated heterocycles. The molecule has 4 aromatic rings. The predicted octanol–water partition coefficient (Wildman–Crippen LogP) is 4.17. The lowest BCUT2D eigenvalue weighted by molar-refractivity contribution is -0.142. The highest BCUT2D eigenvalue weighted by molar-refractivity contribution is 6.31. The van der Waals surface area contributed by atoms with Crippen LogP contribution >= 0.6 is 11.6 Å². The lowest BCUT2D eigenvalue weighted by Crippen LogP contribution is -2.43. The lowest BCUT2D eigenvalue weighted by atomic mass is 10.0. The Morgan fingerprint density at radius 2 is 1.81 bits per heavy atom. The maximum Gasteiger partial charge on any atom is 0.408 e. The maximum atomic E-state index is 14.5. The van der Waals surface area contributed by atoms with E-state index < -0.39 is 43.0 Å². The number of carbonyl (C=O) groups is 3. The van der Waals surface area contributed by atoms with Gasteiger partial charge in [0.1, 0.15) is 30.8 Å². The van der Waals surface area contributed by atoms with Crippen LogP contribution in [0.4, 0.5) is 17.6 Å². The van der Waals surface area contributed by atoms with E-state index in [-0.39, 0.29) is 41.7 Å². The van der Waals surface area contributed by atoms with Gasteiger partial charge in [-0.1, -0.05) is 17.7 Å². The summed E-state index contributed by atoms with van der Waals surface area (Å²) in [6, 6.07) is 4.04. The Bertz CT molecular complexity index is 1680. The lowest BCUT2D eigenvalue weighted by Gasteiger charge is -2.23. The minimum atomic E-state index is -4.54. The summed E-state index contributed by atoms with van der Waals surface area (Å²) >= 11 is 6.00. The first kappa shape index (κ1) is 29.3. The number of ketones is 2. The molecule has 0 aliphatic carbocycles. The molecule has 1 aliphatic rings. The third-order valence-electron chi connectivity index (χ3n) is 6.90. The van der Waals surface area contributed by atoms with Gasteiger partial charge in [0.05, 0.1) is 35.2 Å². The van der Waals surface area contributed by atoms with Crippen molar-refractivity contribution in [1.82, 2.24) is 34.4 Å². The van der Waals surface area contributed by atoms with Crippen molar-refractivity contribution in [1.29, 1.82) is 0 Å². The van der Waals surface area contributed by atoms with Crippen molar-refractivity contribution in [3.63, 3.8) is 0 Å². The molecule has 1 fully saturated rings. The number of Topliss-reactive ketones (excluding diaryl/α,β-unsaturated/α-hetero) is 2. The summed E-state index contributed by atoms with van der Waals surface area (Å²) in [4.78, 5) is 48.3. The van der Waals surface area contributed by atoms with Crippen LogP contribution in [0.15, 0.2) is 36.8 Å². The predicted molar refractivity (Wildman–Crippen MR) is 143 cm³/mol. The van der Waals surface area contributed by atoms with Crippen LogP contribution in [0.1, 0.15) is 35.4 Å². The Hall–Kier alpha value is -4.20. The Morgan fingerprint density at radius 1 is 1.10 bits per heavy atom. The monoisotopic (exact) mass is 605 g/mol. The number of hydrogen-bond acceptors (Lipinski definition) is 7. The summed E-state index contributed by atoms with van der Waals surface area (Å²) in [5.74, 6) is -0.951. The van der Waals surface area contributed by atoms with Gasteiger partial charge in [0, 0.05) is 42.9 Å². The van der Waals surface area contributed by atoms with Crippen molar-refractivity contribution >= 4 is 40.0 Å². The number of carbonyl (C=O) groups excluding carboxylic acids is 3. The van der Waals surface area contributed by atoms with E-state index in [1.54, 1.807) is 37.5 Å². The molecule has 1 aromatic carbocycles. The molecule has 10 nitrogen and oxygen atoms in total. The van der Waals surface area contributed by atoms with E-state index in [0.29, 0.717) is 21.4 Å². The fourth-order valence-electron chi connectivity index (χ4n) is 4.97. The summed E-state index contributed by atoms with van der Waals surface area (Å²) < 4.78 is 54.6. The first-order valence-corrected chi connectivity index (χ1v) is 13.2. The maximum absolute atomic E-state index is 14.5. The smallest absolute Gasteiger partial charge is 0.328 e. The first-order chi connectivity index (χ1) is 19.8. The summed E-state index contributed by atoms with van der Waals surface area (Å²) in [6.45, 7) is 0.990. The minimum absolute atomic E-state index is 0.0976. The van der Waals surface area contributed by atoms with Gasteiger partial charge >= 0.3 is 6.18 Å². The molecule has 1 aliphatic heterocycles. The number of rotatable bonds is 8. The number of likely N-dealkylation sites (tertiary alicyclic amines) is 1. The second kappa shape index (κ2) is 11.2. The number of fused-ring (bicyclic) bond motifs is 1. The van der Waals surface area contributed by atoms with Crippen LogP contribution in [-0.4, -0.2) is 76.8 Å². The Labute approximate surface area is 241 Å². The molecule has 0 saturated carbocycles. The molecule has 1 amide bonds. The van der Waals surface area contributed by atoms with Crippen LogP contribution in [-0.2, 0) is 29.1 Å². The summed E-state index contributed by atoms with van der Waals surface area (Å²) in [5.41, 5.74) is 1.97. The number of aryl methyl sites for hydroxylation is 1. The largest absolute Gasteiger partial charge is 0.408 e. The average Bonchev–Trinajstić information content (AvgIpc) is 3.58. The molecular weight excluding hydrogens is 582 g/mol. The fourth-order valence-corrected chi connectivity index (χ4v) is 5.19.